The molecule has 0 unspecified atom stereocenters. The first-order valence-corrected chi connectivity index (χ1v) is 8.84. The number of rotatable bonds is 2. The summed E-state index contributed by atoms with van der Waals surface area (Å²) in [5, 5.41) is 4.84. The second-order valence-electron chi connectivity index (χ2n) is 6.42. The Bertz CT molecular complexity index is 1150. The summed E-state index contributed by atoms with van der Waals surface area (Å²) in [5.41, 5.74) is 9.21. The van der Waals surface area contributed by atoms with E-state index >= 15 is 0 Å². The summed E-state index contributed by atoms with van der Waals surface area (Å²) in [4.78, 5) is 14.2. The van der Waals surface area contributed by atoms with Gasteiger partial charge in [0, 0.05) is 24.9 Å². The Morgan fingerprint density at radius 2 is 2.19 bits per heavy atom. The van der Waals surface area contributed by atoms with Gasteiger partial charge in [-0.05, 0) is 30.3 Å². The zero-order valence-electron chi connectivity index (χ0n) is 14.1. The molecule has 5 rings (SSSR count). The normalized spacial score (nSPS) is 16.7. The Balaban J connectivity index is 1.68. The fraction of sp³-hybridized carbons (Fsp3) is 0.167. The highest BCUT2D eigenvalue weighted by Crippen LogP contribution is 2.37. The first-order chi connectivity index (χ1) is 13.1. The van der Waals surface area contributed by atoms with E-state index in [2.05, 4.69) is 25.0 Å². The number of hydrogen-bond donors (Lipinski definition) is 2. The van der Waals surface area contributed by atoms with E-state index in [4.69, 9.17) is 17.3 Å². The lowest BCUT2D eigenvalue weighted by Crippen LogP contribution is -2.37. The highest BCUT2D eigenvalue weighted by molar-refractivity contribution is 6.31. The number of hydrogen-bond acceptors (Lipinski definition) is 5. The molecule has 0 amide bonds. The van der Waals surface area contributed by atoms with E-state index in [-0.39, 0.29) is 17.0 Å². The van der Waals surface area contributed by atoms with Crippen LogP contribution in [0.25, 0.3) is 5.52 Å². The molecular formula is C18H15ClFN7. The van der Waals surface area contributed by atoms with Crippen molar-refractivity contribution in [1.82, 2.24) is 24.6 Å². The number of pyridine rings is 2. The number of aromatic amines is 1. The van der Waals surface area contributed by atoms with Crippen molar-refractivity contribution in [3.05, 3.63) is 70.9 Å². The van der Waals surface area contributed by atoms with Gasteiger partial charge >= 0.3 is 0 Å². The molecule has 0 bridgehead atoms. The Labute approximate surface area is 158 Å². The third-order valence-electron chi connectivity index (χ3n) is 4.83. The summed E-state index contributed by atoms with van der Waals surface area (Å²) in [6.07, 6.45) is 4.16. The van der Waals surface area contributed by atoms with E-state index < -0.39 is 0 Å². The summed E-state index contributed by atoms with van der Waals surface area (Å²) in [6.45, 7) is 0.684. The molecule has 27 heavy (non-hydrogen) atoms. The maximum Gasteiger partial charge on any atom is 0.154 e. The van der Waals surface area contributed by atoms with Crippen LogP contribution < -0.4 is 10.6 Å². The SMILES string of the molecule is Nc1ccc(N2CCc3[nH]cnc3[C@@H]2c2cc3c(F)cccn3n2)nc1Cl. The second-order valence-corrected chi connectivity index (χ2v) is 6.77. The number of nitrogens with zero attached hydrogens (tertiary/aromatic N) is 5. The Morgan fingerprint density at radius 3 is 3.00 bits per heavy atom. The van der Waals surface area contributed by atoms with Crippen molar-refractivity contribution in [1.29, 1.82) is 0 Å². The number of aromatic nitrogens is 5. The summed E-state index contributed by atoms with van der Waals surface area (Å²) in [5.74, 6) is 0.347. The highest BCUT2D eigenvalue weighted by Gasteiger charge is 2.34. The Morgan fingerprint density at radius 1 is 1.30 bits per heavy atom. The van der Waals surface area contributed by atoms with Crippen LogP contribution in [0.4, 0.5) is 15.9 Å². The number of nitrogens with two attached hydrogens (primary N) is 1. The standard InChI is InChI=1S/C18H15ClFN7/c19-18-11(21)3-4-15(24-18)26-7-5-12-16(23-9-22-12)17(26)13-8-14-10(20)2-1-6-27(14)25-13/h1-4,6,8-9,17H,5,7,21H2,(H,22,23)/t17-/m0/s1. The van der Waals surface area contributed by atoms with E-state index in [1.54, 1.807) is 30.7 Å². The fourth-order valence-corrected chi connectivity index (χ4v) is 3.70. The zero-order chi connectivity index (χ0) is 18.5. The number of anilines is 2. The minimum atomic E-state index is -0.325. The molecule has 0 saturated heterocycles. The van der Waals surface area contributed by atoms with Crippen LogP contribution in [0.15, 0.2) is 42.9 Å². The average molecular weight is 384 g/mol. The van der Waals surface area contributed by atoms with Crippen molar-refractivity contribution in [3.8, 4) is 0 Å². The minimum Gasteiger partial charge on any atom is -0.396 e. The van der Waals surface area contributed by atoms with Crippen LogP contribution in [0.3, 0.4) is 0 Å². The van der Waals surface area contributed by atoms with Gasteiger partial charge in [-0.3, -0.25) is 0 Å². The third kappa shape index (κ3) is 2.52. The molecule has 136 valence electrons. The van der Waals surface area contributed by atoms with Crippen LogP contribution in [0.2, 0.25) is 5.15 Å². The van der Waals surface area contributed by atoms with Crippen molar-refractivity contribution in [2.24, 2.45) is 0 Å². The highest BCUT2D eigenvalue weighted by atomic mass is 35.5. The van der Waals surface area contributed by atoms with E-state index in [1.807, 2.05) is 6.07 Å². The minimum absolute atomic E-state index is 0.250. The van der Waals surface area contributed by atoms with Crippen LogP contribution in [-0.2, 0) is 6.42 Å². The Kier molecular flexibility index (Phi) is 3.54. The molecule has 3 N–H and O–H groups in total. The predicted molar refractivity (Wildman–Crippen MR) is 100 cm³/mol. The van der Waals surface area contributed by atoms with Gasteiger partial charge in [0.2, 0.25) is 0 Å². The maximum absolute atomic E-state index is 14.2. The number of H-pyrrole nitrogens is 1. The number of imidazole rings is 1. The van der Waals surface area contributed by atoms with Gasteiger partial charge in [0.1, 0.15) is 23.2 Å². The lowest BCUT2D eigenvalue weighted by atomic mass is 9.99. The average Bonchev–Trinajstić information content (AvgIpc) is 3.30. The summed E-state index contributed by atoms with van der Waals surface area (Å²) < 4.78 is 15.7. The third-order valence-corrected chi connectivity index (χ3v) is 5.13. The smallest absolute Gasteiger partial charge is 0.154 e. The van der Waals surface area contributed by atoms with Crippen molar-refractivity contribution in [3.63, 3.8) is 0 Å². The van der Waals surface area contributed by atoms with Crippen LogP contribution in [0, 0.1) is 5.82 Å². The van der Waals surface area contributed by atoms with E-state index in [0.29, 0.717) is 29.3 Å². The van der Waals surface area contributed by atoms with Gasteiger partial charge in [0.05, 0.1) is 23.4 Å². The van der Waals surface area contributed by atoms with Crippen molar-refractivity contribution in [2.75, 3.05) is 17.2 Å². The zero-order valence-corrected chi connectivity index (χ0v) is 14.9. The van der Waals surface area contributed by atoms with E-state index in [0.717, 1.165) is 17.8 Å². The van der Waals surface area contributed by atoms with Crippen LogP contribution in [0.5, 0.6) is 0 Å². The second kappa shape index (κ2) is 5.95. The van der Waals surface area contributed by atoms with Gasteiger partial charge in [-0.25, -0.2) is 18.9 Å². The van der Waals surface area contributed by atoms with E-state index in [9.17, 15) is 4.39 Å². The lowest BCUT2D eigenvalue weighted by molar-refractivity contribution is 0.609. The lowest BCUT2D eigenvalue weighted by Gasteiger charge is -2.35. The molecule has 0 radical (unpaired) electrons. The van der Waals surface area contributed by atoms with Gasteiger partial charge in [0.15, 0.2) is 5.15 Å². The van der Waals surface area contributed by atoms with Crippen LogP contribution >= 0.6 is 11.6 Å². The first-order valence-electron chi connectivity index (χ1n) is 8.46. The first kappa shape index (κ1) is 16.1. The molecule has 4 aromatic heterocycles. The molecule has 7 nitrogen and oxygen atoms in total. The molecule has 1 atom stereocenters. The number of nitrogens with one attached hydrogen (secondary N) is 1. The maximum atomic E-state index is 14.2. The van der Waals surface area contributed by atoms with Crippen molar-refractivity contribution >= 4 is 28.6 Å². The fourth-order valence-electron chi connectivity index (χ4n) is 3.55. The Hall–Kier alpha value is -3.13. The molecule has 4 aromatic rings. The molecule has 0 saturated carbocycles. The van der Waals surface area contributed by atoms with Crippen molar-refractivity contribution < 1.29 is 4.39 Å². The number of nitrogen functional groups attached to an aromatic ring is 1. The molecule has 1 aliphatic heterocycles. The molecule has 0 spiro atoms. The quantitative estimate of drug-likeness (QED) is 0.519. The summed E-state index contributed by atoms with van der Waals surface area (Å²) in [7, 11) is 0. The van der Waals surface area contributed by atoms with Gasteiger partial charge in [-0.1, -0.05) is 11.6 Å². The molecule has 0 fully saturated rings. The predicted octanol–water partition coefficient (Wildman–Crippen LogP) is 2.98. The monoisotopic (exact) mass is 383 g/mol. The molecule has 0 aliphatic carbocycles. The molecular weight excluding hydrogens is 369 g/mol. The largest absolute Gasteiger partial charge is 0.396 e. The van der Waals surface area contributed by atoms with Gasteiger partial charge in [0.25, 0.3) is 0 Å². The molecule has 0 aromatic carbocycles. The van der Waals surface area contributed by atoms with Gasteiger partial charge in [-0.2, -0.15) is 5.10 Å². The number of fused-ring (bicyclic) bond motifs is 2. The topological polar surface area (TPSA) is 88.1 Å². The summed E-state index contributed by atoms with van der Waals surface area (Å²) in [6, 6.07) is 8.02. The van der Waals surface area contributed by atoms with Gasteiger partial charge < -0.3 is 15.6 Å². The van der Waals surface area contributed by atoms with Crippen molar-refractivity contribution in [2.45, 2.75) is 12.5 Å². The molecule has 1 aliphatic rings. The molecule has 9 heteroatoms. The van der Waals surface area contributed by atoms with Crippen LogP contribution in [-0.4, -0.2) is 31.1 Å². The summed E-state index contributed by atoms with van der Waals surface area (Å²) >= 11 is 6.14. The van der Waals surface area contributed by atoms with E-state index in [1.165, 1.54) is 10.6 Å². The molecule has 5 heterocycles. The van der Waals surface area contributed by atoms with Gasteiger partial charge in [-0.15, -0.1) is 0 Å². The van der Waals surface area contributed by atoms with Crippen LogP contribution in [0.1, 0.15) is 23.1 Å². The number of halogens is 2.